The third-order valence-corrected chi connectivity index (χ3v) is 3.83. The summed E-state index contributed by atoms with van der Waals surface area (Å²) < 4.78 is 0. The molecule has 0 unspecified atom stereocenters. The summed E-state index contributed by atoms with van der Waals surface area (Å²) >= 11 is 0. The zero-order valence-electron chi connectivity index (χ0n) is 6.97. The van der Waals surface area contributed by atoms with Crippen molar-refractivity contribution in [2.24, 2.45) is 5.92 Å². The Labute approximate surface area is 68.0 Å². The molecule has 0 radical (unpaired) electrons. The molecule has 1 saturated carbocycles. The van der Waals surface area contributed by atoms with Gasteiger partial charge in [-0.05, 0) is 31.7 Å². The quantitative estimate of drug-likeness (QED) is 0.542. The van der Waals surface area contributed by atoms with E-state index in [9.17, 15) is 0 Å². The lowest BCUT2D eigenvalue weighted by molar-refractivity contribution is -0.0892. The second kappa shape index (κ2) is 1.99. The van der Waals surface area contributed by atoms with E-state index in [0.29, 0.717) is 5.54 Å². The maximum Gasteiger partial charge on any atom is 0.0339 e. The number of hydrogen-bond acceptors (Lipinski definition) is 2. The van der Waals surface area contributed by atoms with E-state index >= 15 is 0 Å². The van der Waals surface area contributed by atoms with Crippen LogP contribution >= 0.6 is 0 Å². The van der Waals surface area contributed by atoms with Gasteiger partial charge in [0.15, 0.2) is 0 Å². The average Bonchev–Trinajstić information content (AvgIpc) is 2.03. The zero-order valence-corrected chi connectivity index (χ0v) is 6.97. The minimum atomic E-state index is 0.640. The normalized spacial score (nSPS) is 49.6. The number of rotatable bonds is 0. The molecule has 0 aromatic heterocycles. The Morgan fingerprint density at radius 1 is 1.27 bits per heavy atom. The van der Waals surface area contributed by atoms with Crippen LogP contribution in [0, 0.1) is 5.92 Å². The molecule has 4 fully saturated rings. The molecular weight excluding hydrogens is 136 g/mol. The first-order valence-corrected chi connectivity index (χ1v) is 4.85. The fraction of sp³-hybridized carbons (Fsp3) is 1.00. The lowest BCUT2D eigenvalue weighted by Gasteiger charge is -2.61. The second-order valence-electron chi connectivity index (χ2n) is 4.45. The Balaban J connectivity index is 1.84. The fourth-order valence-corrected chi connectivity index (χ4v) is 3.19. The van der Waals surface area contributed by atoms with Crippen LogP contribution in [0.1, 0.15) is 19.3 Å². The van der Waals surface area contributed by atoms with Gasteiger partial charge in [0.25, 0.3) is 0 Å². The minimum absolute atomic E-state index is 0.640. The van der Waals surface area contributed by atoms with E-state index in [-0.39, 0.29) is 0 Å². The number of nitrogens with one attached hydrogen (secondary N) is 1. The molecule has 0 aromatic carbocycles. The largest absolute Gasteiger partial charge is 0.314 e. The van der Waals surface area contributed by atoms with Crippen LogP contribution in [-0.2, 0) is 0 Å². The first kappa shape index (κ1) is 6.44. The molecule has 1 N–H and O–H groups in total. The standard InChI is InChI=1S/C9H16N2/c1-3-11-4-2-10-7-9(11)5-8(1)6-9/h8,10H,1-7H2. The van der Waals surface area contributed by atoms with Gasteiger partial charge in [0.05, 0.1) is 0 Å². The van der Waals surface area contributed by atoms with Crippen LogP contribution in [0.5, 0.6) is 0 Å². The molecule has 2 heteroatoms. The third kappa shape index (κ3) is 0.744. The summed E-state index contributed by atoms with van der Waals surface area (Å²) in [6.07, 6.45) is 4.45. The monoisotopic (exact) mass is 152 g/mol. The molecule has 0 aromatic rings. The van der Waals surface area contributed by atoms with E-state index in [0.717, 1.165) is 5.92 Å². The highest BCUT2D eigenvalue weighted by Gasteiger charge is 2.52. The van der Waals surface area contributed by atoms with Gasteiger partial charge in [-0.1, -0.05) is 0 Å². The fourth-order valence-electron chi connectivity index (χ4n) is 3.19. The topological polar surface area (TPSA) is 15.3 Å². The summed E-state index contributed by atoms with van der Waals surface area (Å²) in [5.74, 6) is 1.09. The first-order valence-electron chi connectivity index (χ1n) is 4.85. The van der Waals surface area contributed by atoms with Gasteiger partial charge in [0.2, 0.25) is 0 Å². The Hall–Kier alpha value is -0.0800. The van der Waals surface area contributed by atoms with Crippen molar-refractivity contribution in [3.63, 3.8) is 0 Å². The Kier molecular flexibility index (Phi) is 1.16. The first-order chi connectivity index (χ1) is 5.39. The molecule has 1 aliphatic carbocycles. The molecule has 3 saturated heterocycles. The minimum Gasteiger partial charge on any atom is -0.314 e. The van der Waals surface area contributed by atoms with Crippen molar-refractivity contribution >= 4 is 0 Å². The van der Waals surface area contributed by atoms with E-state index in [2.05, 4.69) is 10.2 Å². The molecule has 11 heavy (non-hydrogen) atoms. The van der Waals surface area contributed by atoms with E-state index in [1.807, 2.05) is 0 Å². The lowest BCUT2D eigenvalue weighted by atomic mass is 9.62. The van der Waals surface area contributed by atoms with Crippen molar-refractivity contribution in [1.82, 2.24) is 10.2 Å². The van der Waals surface area contributed by atoms with Crippen molar-refractivity contribution in [3.05, 3.63) is 0 Å². The molecular formula is C9H16N2. The van der Waals surface area contributed by atoms with Gasteiger partial charge in [-0.25, -0.2) is 0 Å². The van der Waals surface area contributed by atoms with E-state index in [4.69, 9.17) is 0 Å². The molecule has 2 bridgehead atoms. The Morgan fingerprint density at radius 3 is 3.00 bits per heavy atom. The number of hydrogen-bond donors (Lipinski definition) is 1. The Bertz CT molecular complexity index is 165. The second-order valence-corrected chi connectivity index (χ2v) is 4.45. The SMILES string of the molecule is C1CN2CCC3CC2(CN1)C3. The number of piperidine rings is 2. The molecule has 62 valence electrons. The molecule has 3 aliphatic heterocycles. The molecule has 4 aliphatic rings. The predicted octanol–water partition coefficient (Wildman–Crippen LogP) is 0.444. The number of fused-ring (bicyclic) bond motifs is 1. The molecule has 4 rings (SSSR count). The molecule has 1 spiro atoms. The van der Waals surface area contributed by atoms with E-state index in [1.54, 1.807) is 0 Å². The van der Waals surface area contributed by atoms with Crippen LogP contribution in [0.3, 0.4) is 0 Å². The lowest BCUT2D eigenvalue weighted by Crippen LogP contribution is -2.70. The van der Waals surface area contributed by atoms with Crippen LogP contribution in [0.25, 0.3) is 0 Å². The van der Waals surface area contributed by atoms with Crippen molar-refractivity contribution < 1.29 is 0 Å². The summed E-state index contributed by atoms with van der Waals surface area (Å²) in [5.41, 5.74) is 0.640. The van der Waals surface area contributed by atoms with E-state index in [1.165, 1.54) is 45.4 Å². The molecule has 0 amide bonds. The van der Waals surface area contributed by atoms with E-state index < -0.39 is 0 Å². The van der Waals surface area contributed by atoms with Crippen LogP contribution in [-0.4, -0.2) is 36.6 Å². The van der Waals surface area contributed by atoms with Crippen LogP contribution in [0.4, 0.5) is 0 Å². The third-order valence-electron chi connectivity index (χ3n) is 3.83. The van der Waals surface area contributed by atoms with Gasteiger partial charge < -0.3 is 5.32 Å². The van der Waals surface area contributed by atoms with Gasteiger partial charge in [-0.2, -0.15) is 0 Å². The van der Waals surface area contributed by atoms with Crippen molar-refractivity contribution in [2.75, 3.05) is 26.2 Å². The summed E-state index contributed by atoms with van der Waals surface area (Å²) in [5, 5.41) is 3.52. The summed E-state index contributed by atoms with van der Waals surface area (Å²) in [6.45, 7) is 5.16. The zero-order chi connectivity index (χ0) is 7.31. The van der Waals surface area contributed by atoms with Crippen LogP contribution in [0.2, 0.25) is 0 Å². The number of nitrogens with zero attached hydrogens (tertiary/aromatic N) is 1. The van der Waals surface area contributed by atoms with Crippen LogP contribution in [0.15, 0.2) is 0 Å². The smallest absolute Gasteiger partial charge is 0.0339 e. The highest BCUT2D eigenvalue weighted by atomic mass is 15.3. The highest BCUT2D eigenvalue weighted by molar-refractivity contribution is 5.09. The maximum absolute atomic E-state index is 3.52. The van der Waals surface area contributed by atoms with Crippen molar-refractivity contribution in [3.8, 4) is 0 Å². The Morgan fingerprint density at radius 2 is 2.18 bits per heavy atom. The van der Waals surface area contributed by atoms with Crippen molar-refractivity contribution in [2.45, 2.75) is 24.8 Å². The highest BCUT2D eigenvalue weighted by Crippen LogP contribution is 2.48. The van der Waals surface area contributed by atoms with Gasteiger partial charge in [-0.15, -0.1) is 0 Å². The van der Waals surface area contributed by atoms with Gasteiger partial charge in [-0.3, -0.25) is 4.90 Å². The molecule has 0 atom stereocenters. The average molecular weight is 152 g/mol. The summed E-state index contributed by atoms with van der Waals surface area (Å²) in [6, 6.07) is 0. The van der Waals surface area contributed by atoms with Crippen molar-refractivity contribution in [1.29, 1.82) is 0 Å². The van der Waals surface area contributed by atoms with Crippen LogP contribution < -0.4 is 5.32 Å². The summed E-state index contributed by atoms with van der Waals surface area (Å²) in [4.78, 5) is 2.73. The van der Waals surface area contributed by atoms with Gasteiger partial charge in [0.1, 0.15) is 0 Å². The molecule has 2 nitrogen and oxygen atoms in total. The summed E-state index contributed by atoms with van der Waals surface area (Å²) in [7, 11) is 0. The van der Waals surface area contributed by atoms with Gasteiger partial charge >= 0.3 is 0 Å². The predicted molar refractivity (Wildman–Crippen MR) is 44.5 cm³/mol. The molecule has 3 heterocycles. The van der Waals surface area contributed by atoms with Gasteiger partial charge in [0, 0.05) is 25.2 Å². The number of piperazine rings is 1. The maximum atomic E-state index is 3.52.